The third kappa shape index (κ3) is 3.53. The van der Waals surface area contributed by atoms with Crippen molar-refractivity contribution in [2.45, 2.75) is 12.8 Å². The number of fused-ring (bicyclic) bond motifs is 1. The molecule has 0 unspecified atom stereocenters. The van der Waals surface area contributed by atoms with Crippen LogP contribution >= 0.6 is 0 Å². The Labute approximate surface area is 155 Å². The van der Waals surface area contributed by atoms with Gasteiger partial charge in [0.25, 0.3) is 0 Å². The van der Waals surface area contributed by atoms with E-state index in [1.54, 1.807) is 12.1 Å². The molecule has 2 aromatic heterocycles. The van der Waals surface area contributed by atoms with Crippen molar-refractivity contribution in [3.8, 4) is 11.3 Å². The Balaban J connectivity index is 1.71. The molecule has 0 saturated carbocycles. The number of aromatic nitrogens is 3. The third-order valence-electron chi connectivity index (χ3n) is 4.36. The first-order chi connectivity index (χ1) is 12.9. The van der Waals surface area contributed by atoms with Crippen molar-refractivity contribution in [3.05, 3.63) is 42.5 Å². The Kier molecular flexibility index (Phi) is 4.36. The van der Waals surface area contributed by atoms with Crippen molar-refractivity contribution in [1.29, 1.82) is 0 Å². The average Bonchev–Trinajstić information content (AvgIpc) is 3.17. The van der Waals surface area contributed by atoms with Crippen LogP contribution in [0, 0.1) is 5.82 Å². The number of nitrogen functional groups attached to an aromatic ring is 1. The molecule has 140 valence electrons. The minimum Gasteiger partial charge on any atom is -0.382 e. The molecule has 0 aliphatic carbocycles. The van der Waals surface area contributed by atoms with Crippen LogP contribution in [0.2, 0.25) is 0 Å². The number of pyridine rings is 1. The minimum atomic E-state index is -3.71. The van der Waals surface area contributed by atoms with Gasteiger partial charge in [-0.3, -0.25) is 4.72 Å². The number of benzene rings is 1. The Morgan fingerprint density at radius 1 is 1.11 bits per heavy atom. The predicted molar refractivity (Wildman–Crippen MR) is 100 cm³/mol. The zero-order chi connectivity index (χ0) is 19.0. The molecule has 0 radical (unpaired) electrons. The van der Waals surface area contributed by atoms with Crippen molar-refractivity contribution in [3.63, 3.8) is 0 Å². The van der Waals surface area contributed by atoms with Crippen LogP contribution in [0.25, 0.3) is 22.3 Å². The van der Waals surface area contributed by atoms with Gasteiger partial charge in [-0.15, -0.1) is 0 Å². The van der Waals surface area contributed by atoms with Gasteiger partial charge in [0.05, 0.1) is 16.9 Å². The van der Waals surface area contributed by atoms with Crippen molar-refractivity contribution < 1.29 is 12.8 Å². The van der Waals surface area contributed by atoms with Crippen LogP contribution < -0.4 is 10.5 Å². The Bertz CT molecular complexity index is 1120. The molecule has 27 heavy (non-hydrogen) atoms. The van der Waals surface area contributed by atoms with E-state index < -0.39 is 16.0 Å². The Morgan fingerprint density at radius 2 is 1.89 bits per heavy atom. The number of anilines is 2. The lowest BCUT2D eigenvalue weighted by Crippen LogP contribution is -2.33. The number of hydrogen-bond donors (Lipinski definition) is 2. The van der Waals surface area contributed by atoms with Crippen molar-refractivity contribution >= 4 is 32.7 Å². The molecular formula is C17H17FN6O2S. The lowest BCUT2D eigenvalue weighted by Gasteiger charge is -2.17. The summed E-state index contributed by atoms with van der Waals surface area (Å²) >= 11 is 0. The summed E-state index contributed by atoms with van der Waals surface area (Å²) in [6, 6.07) is 7.32. The second-order valence-corrected chi connectivity index (χ2v) is 7.94. The van der Waals surface area contributed by atoms with Gasteiger partial charge in [0.2, 0.25) is 0 Å². The molecule has 3 heterocycles. The third-order valence-corrected chi connectivity index (χ3v) is 5.89. The molecule has 1 aliphatic rings. The van der Waals surface area contributed by atoms with Crippen LogP contribution in [-0.4, -0.2) is 40.8 Å². The van der Waals surface area contributed by atoms with Crippen LogP contribution in [0.15, 0.2) is 36.7 Å². The van der Waals surface area contributed by atoms with Gasteiger partial charge in [-0.25, -0.2) is 19.3 Å². The SMILES string of the molecule is Nc1ncnc2ccc(-c3cc(F)cc(NS(=O)(=O)N4CCCC4)c3)nc12. The van der Waals surface area contributed by atoms with Crippen LogP contribution in [0.4, 0.5) is 15.9 Å². The zero-order valence-corrected chi connectivity index (χ0v) is 15.1. The summed E-state index contributed by atoms with van der Waals surface area (Å²) in [5.74, 6) is -0.362. The highest BCUT2D eigenvalue weighted by Gasteiger charge is 2.25. The summed E-state index contributed by atoms with van der Waals surface area (Å²) < 4.78 is 42.8. The van der Waals surface area contributed by atoms with Crippen LogP contribution in [-0.2, 0) is 10.2 Å². The average molecular weight is 388 g/mol. The molecule has 1 aromatic carbocycles. The fourth-order valence-corrected chi connectivity index (χ4v) is 4.34. The van der Waals surface area contributed by atoms with Gasteiger partial charge >= 0.3 is 10.2 Å². The monoisotopic (exact) mass is 388 g/mol. The molecule has 0 atom stereocenters. The normalized spacial score (nSPS) is 15.3. The van der Waals surface area contributed by atoms with E-state index in [4.69, 9.17) is 5.73 Å². The van der Waals surface area contributed by atoms with Gasteiger partial charge in [0.1, 0.15) is 17.7 Å². The molecule has 1 aliphatic heterocycles. The molecule has 4 rings (SSSR count). The number of hydrogen-bond acceptors (Lipinski definition) is 6. The maximum Gasteiger partial charge on any atom is 0.301 e. The van der Waals surface area contributed by atoms with Gasteiger partial charge < -0.3 is 5.73 Å². The first kappa shape index (κ1) is 17.6. The highest BCUT2D eigenvalue weighted by atomic mass is 32.2. The molecule has 3 aromatic rings. The molecule has 3 N–H and O–H groups in total. The highest BCUT2D eigenvalue weighted by molar-refractivity contribution is 7.90. The maximum absolute atomic E-state index is 14.1. The molecule has 8 nitrogen and oxygen atoms in total. The second-order valence-electron chi connectivity index (χ2n) is 6.26. The van der Waals surface area contributed by atoms with Crippen LogP contribution in [0.1, 0.15) is 12.8 Å². The van der Waals surface area contributed by atoms with E-state index in [0.717, 1.165) is 18.9 Å². The maximum atomic E-state index is 14.1. The first-order valence-electron chi connectivity index (χ1n) is 8.38. The van der Waals surface area contributed by atoms with Gasteiger partial charge in [0, 0.05) is 18.7 Å². The van der Waals surface area contributed by atoms with E-state index in [1.165, 1.54) is 22.8 Å². The second kappa shape index (κ2) is 6.71. The summed E-state index contributed by atoms with van der Waals surface area (Å²) in [7, 11) is -3.71. The van der Waals surface area contributed by atoms with E-state index in [-0.39, 0.29) is 11.5 Å². The summed E-state index contributed by atoms with van der Waals surface area (Å²) in [5, 5.41) is 0. The fraction of sp³-hybridized carbons (Fsp3) is 0.235. The van der Waals surface area contributed by atoms with E-state index >= 15 is 0 Å². The number of rotatable bonds is 4. The first-order valence-corrected chi connectivity index (χ1v) is 9.82. The van der Waals surface area contributed by atoms with E-state index in [0.29, 0.717) is 35.4 Å². The summed E-state index contributed by atoms with van der Waals surface area (Å²) in [6.07, 6.45) is 2.98. The number of nitrogens with zero attached hydrogens (tertiary/aromatic N) is 4. The molecule has 1 saturated heterocycles. The van der Waals surface area contributed by atoms with Crippen LogP contribution in [0.5, 0.6) is 0 Å². The number of halogens is 1. The number of nitrogens with two attached hydrogens (primary N) is 1. The topological polar surface area (TPSA) is 114 Å². The van der Waals surface area contributed by atoms with Crippen molar-refractivity contribution in [2.75, 3.05) is 23.5 Å². The predicted octanol–water partition coefficient (Wildman–Crippen LogP) is 2.17. The molecule has 1 fully saturated rings. The van der Waals surface area contributed by atoms with E-state index in [2.05, 4.69) is 19.7 Å². The summed E-state index contributed by atoms with van der Waals surface area (Å²) in [5.41, 5.74) is 7.79. The lowest BCUT2D eigenvalue weighted by atomic mass is 10.1. The lowest BCUT2D eigenvalue weighted by molar-refractivity contribution is 0.482. The quantitative estimate of drug-likeness (QED) is 0.708. The molecular weight excluding hydrogens is 371 g/mol. The molecule has 0 spiro atoms. The summed E-state index contributed by atoms with van der Waals surface area (Å²) in [4.78, 5) is 12.4. The van der Waals surface area contributed by atoms with Gasteiger partial charge in [-0.1, -0.05) is 0 Å². The van der Waals surface area contributed by atoms with Gasteiger partial charge in [0.15, 0.2) is 5.82 Å². The van der Waals surface area contributed by atoms with Crippen molar-refractivity contribution in [1.82, 2.24) is 19.3 Å². The highest BCUT2D eigenvalue weighted by Crippen LogP contribution is 2.27. The van der Waals surface area contributed by atoms with Gasteiger partial charge in [-0.2, -0.15) is 12.7 Å². The minimum absolute atomic E-state index is 0.135. The van der Waals surface area contributed by atoms with Gasteiger partial charge in [-0.05, 0) is 43.2 Å². The van der Waals surface area contributed by atoms with E-state index in [1.807, 2.05) is 0 Å². The Hall–Kier alpha value is -2.85. The van der Waals surface area contributed by atoms with Crippen molar-refractivity contribution in [2.24, 2.45) is 0 Å². The smallest absolute Gasteiger partial charge is 0.301 e. The standard InChI is InChI=1S/C17H17FN6O2S/c18-12-7-11(14-3-4-15-16(22-14)17(19)21-10-20-15)8-13(9-12)23-27(25,26)24-5-1-2-6-24/h3-4,7-10,23H,1-2,5-6H2,(H2,19,20,21). The van der Waals surface area contributed by atoms with Crippen LogP contribution in [0.3, 0.4) is 0 Å². The molecule has 10 heteroatoms. The summed E-state index contributed by atoms with van der Waals surface area (Å²) in [6.45, 7) is 0.923. The molecule has 0 bridgehead atoms. The largest absolute Gasteiger partial charge is 0.382 e. The number of nitrogens with one attached hydrogen (secondary N) is 1. The zero-order valence-electron chi connectivity index (χ0n) is 14.3. The molecule has 0 amide bonds. The Morgan fingerprint density at radius 3 is 2.67 bits per heavy atom. The fourth-order valence-electron chi connectivity index (χ4n) is 3.06. The van der Waals surface area contributed by atoms with E-state index in [9.17, 15) is 12.8 Å².